The van der Waals surface area contributed by atoms with Crippen LogP contribution < -0.4 is 10.5 Å². The van der Waals surface area contributed by atoms with Crippen LogP contribution in [0.1, 0.15) is 32.2 Å². The molecule has 1 aromatic carbocycles. The SMILES string of the molecule is COc1ccc(-c2noc([C@H](N)CC(C)C)n2)c(F)c1. The molecule has 6 heteroatoms. The summed E-state index contributed by atoms with van der Waals surface area (Å²) in [7, 11) is 1.48. The first kappa shape index (κ1) is 14.5. The lowest BCUT2D eigenvalue weighted by atomic mass is 10.0. The molecule has 0 radical (unpaired) electrons. The zero-order valence-electron chi connectivity index (χ0n) is 11.8. The minimum atomic E-state index is -0.464. The molecule has 2 rings (SSSR count). The van der Waals surface area contributed by atoms with Crippen molar-refractivity contribution in [3.8, 4) is 17.1 Å². The van der Waals surface area contributed by atoms with E-state index in [2.05, 4.69) is 24.0 Å². The van der Waals surface area contributed by atoms with E-state index in [1.807, 2.05) is 0 Å². The normalized spacial score (nSPS) is 12.7. The zero-order valence-corrected chi connectivity index (χ0v) is 11.8. The molecule has 0 saturated heterocycles. The Morgan fingerprint density at radius 2 is 2.15 bits per heavy atom. The number of hydrogen-bond acceptors (Lipinski definition) is 5. The smallest absolute Gasteiger partial charge is 0.243 e. The number of aromatic nitrogens is 2. The average molecular weight is 279 g/mol. The van der Waals surface area contributed by atoms with Gasteiger partial charge in [0.25, 0.3) is 0 Å². The van der Waals surface area contributed by atoms with Crippen molar-refractivity contribution in [3.63, 3.8) is 0 Å². The van der Waals surface area contributed by atoms with E-state index in [4.69, 9.17) is 15.0 Å². The molecular weight excluding hydrogens is 261 g/mol. The second kappa shape index (κ2) is 6.00. The fourth-order valence-corrected chi connectivity index (χ4v) is 1.91. The van der Waals surface area contributed by atoms with Crippen LogP contribution in [0.5, 0.6) is 5.75 Å². The van der Waals surface area contributed by atoms with Gasteiger partial charge in [-0.2, -0.15) is 4.98 Å². The van der Waals surface area contributed by atoms with Crippen LogP contribution in [-0.4, -0.2) is 17.3 Å². The van der Waals surface area contributed by atoms with Crippen molar-refractivity contribution < 1.29 is 13.7 Å². The van der Waals surface area contributed by atoms with E-state index in [1.165, 1.54) is 13.2 Å². The molecule has 1 atom stereocenters. The van der Waals surface area contributed by atoms with Gasteiger partial charge in [-0.15, -0.1) is 0 Å². The lowest BCUT2D eigenvalue weighted by Crippen LogP contribution is -2.13. The number of hydrogen-bond donors (Lipinski definition) is 1. The number of benzene rings is 1. The summed E-state index contributed by atoms with van der Waals surface area (Å²) in [5.41, 5.74) is 6.22. The Balaban J connectivity index is 2.24. The predicted octanol–water partition coefficient (Wildman–Crippen LogP) is 2.93. The third kappa shape index (κ3) is 3.14. The first-order valence-corrected chi connectivity index (χ1v) is 6.44. The number of rotatable bonds is 5. The molecule has 0 fully saturated rings. The molecule has 1 heterocycles. The highest BCUT2D eigenvalue weighted by molar-refractivity contribution is 5.56. The van der Waals surface area contributed by atoms with E-state index >= 15 is 0 Å². The van der Waals surface area contributed by atoms with Crippen LogP contribution in [0.2, 0.25) is 0 Å². The molecule has 2 aromatic rings. The van der Waals surface area contributed by atoms with Crippen molar-refractivity contribution in [1.82, 2.24) is 10.1 Å². The van der Waals surface area contributed by atoms with Gasteiger partial charge in [-0.3, -0.25) is 0 Å². The summed E-state index contributed by atoms with van der Waals surface area (Å²) in [6.45, 7) is 4.11. The van der Waals surface area contributed by atoms with Crippen molar-refractivity contribution in [2.45, 2.75) is 26.3 Å². The molecule has 20 heavy (non-hydrogen) atoms. The number of halogens is 1. The van der Waals surface area contributed by atoms with Gasteiger partial charge >= 0.3 is 0 Å². The summed E-state index contributed by atoms with van der Waals surface area (Å²) in [6.07, 6.45) is 0.729. The minimum Gasteiger partial charge on any atom is -0.497 e. The van der Waals surface area contributed by atoms with Gasteiger partial charge in [-0.1, -0.05) is 19.0 Å². The molecular formula is C14H18FN3O2. The van der Waals surface area contributed by atoms with Crippen LogP contribution in [0.15, 0.2) is 22.7 Å². The van der Waals surface area contributed by atoms with Crippen LogP contribution >= 0.6 is 0 Å². The number of ether oxygens (including phenoxy) is 1. The highest BCUT2D eigenvalue weighted by Gasteiger charge is 2.18. The maximum atomic E-state index is 13.9. The summed E-state index contributed by atoms with van der Waals surface area (Å²) >= 11 is 0. The van der Waals surface area contributed by atoms with Crippen LogP contribution in [0, 0.1) is 11.7 Å². The van der Waals surface area contributed by atoms with Crippen LogP contribution in [-0.2, 0) is 0 Å². The van der Waals surface area contributed by atoms with E-state index in [0.29, 0.717) is 17.6 Å². The maximum Gasteiger partial charge on any atom is 0.243 e. The van der Waals surface area contributed by atoms with Gasteiger partial charge in [-0.25, -0.2) is 4.39 Å². The van der Waals surface area contributed by atoms with Crippen molar-refractivity contribution in [2.75, 3.05) is 7.11 Å². The van der Waals surface area contributed by atoms with Gasteiger partial charge in [0.2, 0.25) is 11.7 Å². The molecule has 0 aliphatic carbocycles. The highest BCUT2D eigenvalue weighted by Crippen LogP contribution is 2.25. The summed E-state index contributed by atoms with van der Waals surface area (Å²) in [6, 6.07) is 4.14. The van der Waals surface area contributed by atoms with Gasteiger partial charge in [0.15, 0.2) is 0 Å². The average Bonchev–Trinajstić information content (AvgIpc) is 2.87. The number of methoxy groups -OCH3 is 1. The second-order valence-electron chi connectivity index (χ2n) is 5.04. The van der Waals surface area contributed by atoms with E-state index in [0.717, 1.165) is 6.42 Å². The molecule has 5 nitrogen and oxygen atoms in total. The lowest BCUT2D eigenvalue weighted by molar-refractivity contribution is 0.335. The number of nitrogens with zero attached hydrogens (tertiary/aromatic N) is 2. The summed E-state index contributed by atoms with van der Waals surface area (Å²) in [4.78, 5) is 4.17. The van der Waals surface area contributed by atoms with E-state index < -0.39 is 5.82 Å². The largest absolute Gasteiger partial charge is 0.497 e. The Labute approximate surface area is 116 Å². The number of nitrogens with two attached hydrogens (primary N) is 1. The fourth-order valence-electron chi connectivity index (χ4n) is 1.91. The summed E-state index contributed by atoms with van der Waals surface area (Å²) in [5, 5.41) is 3.78. The first-order chi connectivity index (χ1) is 9.51. The van der Waals surface area contributed by atoms with Crippen LogP contribution in [0.3, 0.4) is 0 Å². The molecule has 2 N–H and O–H groups in total. The molecule has 0 aliphatic heterocycles. The Hall–Kier alpha value is -1.95. The molecule has 0 bridgehead atoms. The monoisotopic (exact) mass is 279 g/mol. The molecule has 0 amide bonds. The molecule has 0 aliphatic rings. The van der Waals surface area contributed by atoms with E-state index in [9.17, 15) is 4.39 Å². The van der Waals surface area contributed by atoms with Crippen LogP contribution in [0.25, 0.3) is 11.4 Å². The van der Waals surface area contributed by atoms with Gasteiger partial charge in [0.05, 0.1) is 18.7 Å². The topological polar surface area (TPSA) is 74.2 Å². The Bertz CT molecular complexity index is 584. The van der Waals surface area contributed by atoms with Gasteiger partial charge in [0.1, 0.15) is 11.6 Å². The predicted molar refractivity (Wildman–Crippen MR) is 72.6 cm³/mol. The quantitative estimate of drug-likeness (QED) is 0.910. The minimum absolute atomic E-state index is 0.194. The van der Waals surface area contributed by atoms with Gasteiger partial charge < -0.3 is 15.0 Å². The molecule has 1 aromatic heterocycles. The fraction of sp³-hybridized carbons (Fsp3) is 0.429. The van der Waals surface area contributed by atoms with E-state index in [-0.39, 0.29) is 17.4 Å². The lowest BCUT2D eigenvalue weighted by Gasteiger charge is -2.08. The molecule has 0 saturated carbocycles. The Kier molecular flexibility index (Phi) is 4.34. The van der Waals surface area contributed by atoms with Gasteiger partial charge in [-0.05, 0) is 24.5 Å². The van der Waals surface area contributed by atoms with Gasteiger partial charge in [0, 0.05) is 6.07 Å². The van der Waals surface area contributed by atoms with Crippen molar-refractivity contribution in [2.24, 2.45) is 11.7 Å². The summed E-state index contributed by atoms with van der Waals surface area (Å²) < 4.78 is 24.0. The van der Waals surface area contributed by atoms with Crippen molar-refractivity contribution in [1.29, 1.82) is 0 Å². The standard InChI is InChI=1S/C14H18FN3O2/c1-8(2)6-12(16)14-17-13(18-20-14)10-5-4-9(19-3)7-11(10)15/h4-5,7-8,12H,6,16H2,1-3H3/t12-/m1/s1. The zero-order chi connectivity index (χ0) is 14.7. The third-order valence-electron chi connectivity index (χ3n) is 2.90. The third-order valence-corrected chi connectivity index (χ3v) is 2.90. The summed E-state index contributed by atoms with van der Waals surface area (Å²) in [5.74, 6) is 0.905. The first-order valence-electron chi connectivity index (χ1n) is 6.44. The Morgan fingerprint density at radius 3 is 2.75 bits per heavy atom. The second-order valence-corrected chi connectivity index (χ2v) is 5.04. The highest BCUT2D eigenvalue weighted by atomic mass is 19.1. The van der Waals surface area contributed by atoms with Crippen molar-refractivity contribution >= 4 is 0 Å². The Morgan fingerprint density at radius 1 is 1.40 bits per heavy atom. The molecule has 0 spiro atoms. The molecule has 0 unspecified atom stereocenters. The van der Waals surface area contributed by atoms with E-state index in [1.54, 1.807) is 12.1 Å². The van der Waals surface area contributed by atoms with Crippen molar-refractivity contribution in [3.05, 3.63) is 29.9 Å². The molecule has 108 valence electrons. The van der Waals surface area contributed by atoms with Crippen LogP contribution in [0.4, 0.5) is 4.39 Å². The maximum absolute atomic E-state index is 13.9.